The number of aromatic nitrogens is 2. The Morgan fingerprint density at radius 1 is 1.31 bits per heavy atom. The summed E-state index contributed by atoms with van der Waals surface area (Å²) in [4.78, 5) is 10.2. The molecule has 1 aromatic heterocycles. The van der Waals surface area contributed by atoms with Crippen LogP contribution >= 0.6 is 0 Å². The van der Waals surface area contributed by atoms with E-state index in [1.165, 1.54) is 45.4 Å². The second-order valence-corrected chi connectivity index (χ2v) is 7.12. The lowest BCUT2D eigenvalue weighted by Crippen LogP contribution is -2.20. The molecule has 1 atom stereocenters. The van der Waals surface area contributed by atoms with Crippen LogP contribution in [0.1, 0.15) is 77.1 Å². The van der Waals surface area contributed by atoms with E-state index in [4.69, 9.17) is 16.7 Å². The number of aryl methyl sites for hydroxylation is 1. The number of nitrogen functional groups attached to an aromatic ring is 1. The first-order valence-electron chi connectivity index (χ1n) is 9.23. The van der Waals surface area contributed by atoms with Crippen LogP contribution in [0.15, 0.2) is 0 Å². The van der Waals surface area contributed by atoms with E-state index in [-0.39, 0.29) is 13.2 Å². The summed E-state index contributed by atoms with van der Waals surface area (Å²) < 4.78 is 1.99. The lowest BCUT2D eigenvalue weighted by atomic mass is 9.86. The van der Waals surface area contributed by atoms with Gasteiger partial charge in [-0.25, -0.2) is 4.68 Å². The van der Waals surface area contributed by atoms with Crippen molar-refractivity contribution >= 4 is 11.6 Å². The Balaban J connectivity index is 0.000000386. The first-order chi connectivity index (χ1) is 11.8. The molecule has 4 N–H and O–H groups in total. The number of hydrogen-bond acceptors (Lipinski definition) is 5. The third kappa shape index (κ3) is 6.80. The zero-order valence-electron chi connectivity index (χ0n) is 16.1. The second-order valence-electron chi connectivity index (χ2n) is 7.12. The Morgan fingerprint density at radius 2 is 1.85 bits per heavy atom. The van der Waals surface area contributed by atoms with Crippen molar-refractivity contribution in [2.75, 3.05) is 12.3 Å². The molecule has 0 aromatic carbocycles. The Morgan fingerprint density at radius 3 is 2.00 bits per heavy atom. The van der Waals surface area contributed by atoms with Crippen LogP contribution in [0.3, 0.4) is 0 Å². The highest BCUT2D eigenvalue weighted by molar-refractivity contribution is 5.80. The van der Waals surface area contributed by atoms with Gasteiger partial charge in [0.2, 0.25) is 0 Å². The number of rotatable bonds is 3. The Bertz CT molecular complexity index is 591. The molecule has 2 saturated carbocycles. The third-order valence-electron chi connectivity index (χ3n) is 5.21. The molecule has 2 fully saturated rings. The molecule has 6 nitrogen and oxygen atoms in total. The van der Waals surface area contributed by atoms with Gasteiger partial charge in [-0.3, -0.25) is 4.79 Å². The molecule has 0 radical (unpaired) electrons. The van der Waals surface area contributed by atoms with Gasteiger partial charge in [-0.1, -0.05) is 13.8 Å². The van der Waals surface area contributed by atoms with Crippen LogP contribution < -0.4 is 11.5 Å². The lowest BCUT2D eigenvalue weighted by Gasteiger charge is -2.26. The normalized spacial score (nSPS) is 16.9. The van der Waals surface area contributed by atoms with E-state index in [1.54, 1.807) is 6.92 Å². The zero-order chi connectivity index (χ0) is 19.0. The molecule has 0 spiro atoms. The summed E-state index contributed by atoms with van der Waals surface area (Å²) in [6, 6.07) is 2.40. The summed E-state index contributed by atoms with van der Waals surface area (Å²) in [5.41, 5.74) is 13.5. The van der Waals surface area contributed by atoms with Crippen LogP contribution in [-0.4, -0.2) is 22.1 Å². The van der Waals surface area contributed by atoms with E-state index in [0.717, 1.165) is 29.5 Å². The van der Waals surface area contributed by atoms with Crippen molar-refractivity contribution in [2.24, 2.45) is 17.6 Å². The van der Waals surface area contributed by atoms with E-state index in [1.807, 2.05) is 24.6 Å². The number of carbonyl (C=O) groups is 1. The number of nitrogens with zero attached hydrogens (tertiary/aromatic N) is 3. The summed E-state index contributed by atoms with van der Waals surface area (Å²) in [6.45, 7) is 7.96. The van der Waals surface area contributed by atoms with E-state index >= 15 is 0 Å². The third-order valence-corrected chi connectivity index (χ3v) is 5.21. The van der Waals surface area contributed by atoms with Gasteiger partial charge < -0.3 is 11.5 Å². The van der Waals surface area contributed by atoms with E-state index in [2.05, 4.69) is 5.10 Å². The minimum Gasteiger partial charge on any atom is -0.384 e. The van der Waals surface area contributed by atoms with Gasteiger partial charge in [-0.05, 0) is 72.3 Å². The van der Waals surface area contributed by atoms with Gasteiger partial charge in [-0.2, -0.15) is 10.4 Å². The van der Waals surface area contributed by atoms with Gasteiger partial charge >= 0.3 is 0 Å². The molecule has 0 amide bonds. The number of nitrogens with two attached hydrogens (primary N) is 2. The fourth-order valence-corrected chi connectivity index (χ4v) is 2.38. The number of Topliss-reactive ketones (excluding diaryl/α,β-unsaturated/α-hetero) is 1. The average molecular weight is 364 g/mol. The van der Waals surface area contributed by atoms with Gasteiger partial charge in [0.1, 0.15) is 17.5 Å². The molecule has 148 valence electrons. The molecule has 1 aromatic rings. The van der Waals surface area contributed by atoms with Crippen molar-refractivity contribution in [1.82, 2.24) is 9.78 Å². The van der Waals surface area contributed by atoms with Crippen LogP contribution in [-0.2, 0) is 4.79 Å². The maximum absolute atomic E-state index is 10.2. The lowest BCUT2D eigenvalue weighted by molar-refractivity contribution is -0.118. The quantitative estimate of drug-likeness (QED) is 0.845. The molecule has 0 saturated heterocycles. The highest BCUT2D eigenvalue weighted by Crippen LogP contribution is 2.34. The standard InChI is InChI=1S/C9H15N3.C5H7NO.C5H11N.CH4/c1-6-7(2)11-12(9(6)10)8-4-3-5-8;1-4(3-6)5(2)7;6-4-5-2-1-3-5;/h8H,3-5,10H2,1-2H3;4H,1-2H3;5H,1-4,6H2;1H4. The summed E-state index contributed by atoms with van der Waals surface area (Å²) in [6.07, 6.45) is 7.99. The molecule has 2 aliphatic rings. The monoisotopic (exact) mass is 363 g/mol. The molecule has 0 aliphatic heterocycles. The van der Waals surface area contributed by atoms with Crippen LogP contribution in [0.4, 0.5) is 5.82 Å². The molecular formula is C20H37N5O. The maximum atomic E-state index is 10.2. The first-order valence-corrected chi connectivity index (χ1v) is 9.23. The molecule has 6 heteroatoms. The van der Waals surface area contributed by atoms with Crippen molar-refractivity contribution in [3.8, 4) is 6.07 Å². The number of anilines is 1. The first kappa shape index (κ1) is 24.1. The molecule has 1 unspecified atom stereocenters. The number of nitriles is 1. The van der Waals surface area contributed by atoms with Gasteiger partial charge in [0.25, 0.3) is 0 Å². The van der Waals surface area contributed by atoms with Crippen molar-refractivity contribution < 1.29 is 4.79 Å². The second kappa shape index (κ2) is 11.7. The highest BCUT2D eigenvalue weighted by atomic mass is 16.1. The molecule has 0 bridgehead atoms. The van der Waals surface area contributed by atoms with Crippen molar-refractivity contribution in [3.63, 3.8) is 0 Å². The maximum Gasteiger partial charge on any atom is 0.146 e. The Labute approximate surface area is 158 Å². The average Bonchev–Trinajstić information content (AvgIpc) is 2.72. The largest absolute Gasteiger partial charge is 0.384 e. The van der Waals surface area contributed by atoms with E-state index < -0.39 is 5.92 Å². The van der Waals surface area contributed by atoms with Gasteiger partial charge in [0.05, 0.1) is 17.8 Å². The predicted octanol–water partition coefficient (Wildman–Crippen LogP) is 3.92. The van der Waals surface area contributed by atoms with Crippen LogP contribution in [0, 0.1) is 37.0 Å². The number of ketones is 1. The van der Waals surface area contributed by atoms with E-state index in [9.17, 15) is 4.79 Å². The summed E-state index contributed by atoms with van der Waals surface area (Å²) in [5, 5.41) is 12.5. The van der Waals surface area contributed by atoms with Crippen molar-refractivity contribution in [2.45, 2.75) is 79.7 Å². The van der Waals surface area contributed by atoms with Crippen LogP contribution in [0.5, 0.6) is 0 Å². The van der Waals surface area contributed by atoms with E-state index in [0.29, 0.717) is 6.04 Å². The predicted molar refractivity (Wildman–Crippen MR) is 108 cm³/mol. The molecule has 3 rings (SSSR count). The fourth-order valence-electron chi connectivity index (χ4n) is 2.38. The fraction of sp³-hybridized carbons (Fsp3) is 0.750. The van der Waals surface area contributed by atoms with Gasteiger partial charge in [0.15, 0.2) is 0 Å². The van der Waals surface area contributed by atoms with Crippen LogP contribution in [0.2, 0.25) is 0 Å². The molecule has 26 heavy (non-hydrogen) atoms. The topological polar surface area (TPSA) is 111 Å². The van der Waals surface area contributed by atoms with Gasteiger partial charge in [0, 0.05) is 5.56 Å². The molecule has 2 aliphatic carbocycles. The number of carbonyl (C=O) groups excluding carboxylic acids is 1. The number of hydrogen-bond donors (Lipinski definition) is 2. The summed E-state index contributed by atoms with van der Waals surface area (Å²) in [7, 11) is 0. The minimum absolute atomic E-state index is 0. The summed E-state index contributed by atoms with van der Waals surface area (Å²) in [5.74, 6) is 1.25. The highest BCUT2D eigenvalue weighted by Gasteiger charge is 2.23. The summed E-state index contributed by atoms with van der Waals surface area (Å²) >= 11 is 0. The molecular weight excluding hydrogens is 326 g/mol. The van der Waals surface area contributed by atoms with Crippen molar-refractivity contribution in [3.05, 3.63) is 11.3 Å². The smallest absolute Gasteiger partial charge is 0.146 e. The van der Waals surface area contributed by atoms with Crippen molar-refractivity contribution in [1.29, 1.82) is 5.26 Å². The zero-order valence-corrected chi connectivity index (χ0v) is 16.1. The minimum atomic E-state index is -0.431. The SMILES string of the molecule is C.CC(=O)C(C)C#N.Cc1nn(C2CCC2)c(N)c1C.NCC1CCC1. The molecule has 1 heterocycles. The van der Waals surface area contributed by atoms with Crippen LogP contribution in [0.25, 0.3) is 0 Å². The van der Waals surface area contributed by atoms with Gasteiger partial charge in [-0.15, -0.1) is 0 Å². The Kier molecular flexibility index (Phi) is 10.8. The Hall–Kier alpha value is -1.87.